The molecule has 0 atom stereocenters. The van der Waals surface area contributed by atoms with Gasteiger partial charge in [-0.1, -0.05) is 0 Å². The molecule has 1 aromatic heterocycles. The van der Waals surface area contributed by atoms with Crippen LogP contribution >= 0.6 is 15.9 Å². The second kappa shape index (κ2) is 4.31. The van der Waals surface area contributed by atoms with Gasteiger partial charge in [-0.25, -0.2) is 4.98 Å². The first-order valence-electron chi connectivity index (χ1n) is 4.72. The molecule has 0 saturated heterocycles. The summed E-state index contributed by atoms with van der Waals surface area (Å²) in [7, 11) is 1.78. The highest BCUT2D eigenvalue weighted by Crippen LogP contribution is 2.19. The van der Waals surface area contributed by atoms with Crippen molar-refractivity contribution in [2.24, 2.45) is 0 Å². The van der Waals surface area contributed by atoms with Gasteiger partial charge in [0.25, 0.3) is 5.91 Å². The average molecular weight is 271 g/mol. The molecule has 1 rings (SSSR count). The van der Waals surface area contributed by atoms with Crippen molar-refractivity contribution in [2.75, 3.05) is 7.05 Å². The van der Waals surface area contributed by atoms with Crippen molar-refractivity contribution >= 4 is 21.8 Å². The maximum Gasteiger partial charge on any atom is 0.273 e. The van der Waals surface area contributed by atoms with Crippen molar-refractivity contribution in [3.8, 4) is 0 Å². The summed E-state index contributed by atoms with van der Waals surface area (Å²) in [6.07, 6.45) is 1.62. The molecule has 82 valence electrons. The molecule has 0 bridgehead atoms. The van der Waals surface area contributed by atoms with Crippen molar-refractivity contribution in [1.29, 1.82) is 0 Å². The van der Waals surface area contributed by atoms with Crippen LogP contribution in [-0.4, -0.2) is 28.4 Å². The van der Waals surface area contributed by atoms with Gasteiger partial charge in [-0.2, -0.15) is 0 Å². The molecular formula is C11H15BrN2O. The highest BCUT2D eigenvalue weighted by Gasteiger charge is 2.25. The van der Waals surface area contributed by atoms with Crippen LogP contribution in [0, 0.1) is 0 Å². The normalized spacial score (nSPS) is 11.3. The van der Waals surface area contributed by atoms with Crippen molar-refractivity contribution in [1.82, 2.24) is 9.88 Å². The Morgan fingerprint density at radius 3 is 2.53 bits per heavy atom. The Morgan fingerprint density at radius 1 is 1.47 bits per heavy atom. The fourth-order valence-corrected chi connectivity index (χ4v) is 1.43. The molecule has 0 unspecified atom stereocenters. The molecule has 0 radical (unpaired) electrons. The summed E-state index contributed by atoms with van der Waals surface area (Å²) in [5.41, 5.74) is 0.253. The van der Waals surface area contributed by atoms with Gasteiger partial charge >= 0.3 is 0 Å². The number of rotatable bonds is 1. The second-order valence-corrected chi connectivity index (χ2v) is 5.22. The molecule has 4 heteroatoms. The van der Waals surface area contributed by atoms with E-state index in [0.717, 1.165) is 4.47 Å². The van der Waals surface area contributed by atoms with Crippen LogP contribution in [0.2, 0.25) is 0 Å². The second-order valence-electron chi connectivity index (χ2n) is 4.37. The van der Waals surface area contributed by atoms with E-state index in [-0.39, 0.29) is 11.4 Å². The Morgan fingerprint density at radius 2 is 2.07 bits per heavy atom. The van der Waals surface area contributed by atoms with Crippen molar-refractivity contribution in [3.63, 3.8) is 0 Å². The van der Waals surface area contributed by atoms with E-state index in [0.29, 0.717) is 5.69 Å². The molecule has 1 aromatic rings. The number of aromatic nitrogens is 1. The first-order valence-corrected chi connectivity index (χ1v) is 5.52. The third-order valence-electron chi connectivity index (χ3n) is 2.27. The van der Waals surface area contributed by atoms with Crippen LogP contribution in [0.4, 0.5) is 0 Å². The van der Waals surface area contributed by atoms with Gasteiger partial charge in [0, 0.05) is 23.3 Å². The lowest BCUT2D eigenvalue weighted by molar-refractivity contribution is 0.0648. The van der Waals surface area contributed by atoms with Gasteiger partial charge in [0.2, 0.25) is 0 Å². The molecule has 0 aliphatic rings. The SMILES string of the molecule is CN(C(=O)c1ncccc1Br)C(C)(C)C. The fourth-order valence-electron chi connectivity index (χ4n) is 1.01. The molecule has 0 aromatic carbocycles. The minimum atomic E-state index is -0.200. The zero-order chi connectivity index (χ0) is 11.6. The molecule has 0 aliphatic heterocycles. The Hall–Kier alpha value is -0.900. The van der Waals surface area contributed by atoms with Crippen LogP contribution in [0.3, 0.4) is 0 Å². The summed E-state index contributed by atoms with van der Waals surface area (Å²) in [4.78, 5) is 17.8. The summed E-state index contributed by atoms with van der Waals surface area (Å²) >= 11 is 3.32. The van der Waals surface area contributed by atoms with Gasteiger partial charge in [-0.3, -0.25) is 4.79 Å². The van der Waals surface area contributed by atoms with E-state index < -0.39 is 0 Å². The predicted octanol–water partition coefficient (Wildman–Crippen LogP) is 2.71. The van der Waals surface area contributed by atoms with E-state index in [9.17, 15) is 4.79 Å². The van der Waals surface area contributed by atoms with Crippen LogP contribution in [0.15, 0.2) is 22.8 Å². The van der Waals surface area contributed by atoms with Gasteiger partial charge in [-0.05, 0) is 48.8 Å². The topological polar surface area (TPSA) is 33.2 Å². The number of amides is 1. The third-order valence-corrected chi connectivity index (χ3v) is 2.91. The lowest BCUT2D eigenvalue weighted by Crippen LogP contribution is -2.42. The molecule has 3 nitrogen and oxygen atoms in total. The highest BCUT2D eigenvalue weighted by atomic mass is 79.9. The third kappa shape index (κ3) is 2.78. The van der Waals surface area contributed by atoms with Gasteiger partial charge in [0.1, 0.15) is 5.69 Å². The molecule has 0 aliphatic carbocycles. The highest BCUT2D eigenvalue weighted by molar-refractivity contribution is 9.10. The number of hydrogen-bond acceptors (Lipinski definition) is 2. The summed E-state index contributed by atoms with van der Waals surface area (Å²) < 4.78 is 0.728. The maximum atomic E-state index is 12.0. The molecule has 0 fully saturated rings. The zero-order valence-electron chi connectivity index (χ0n) is 9.41. The molecule has 0 N–H and O–H groups in total. The monoisotopic (exact) mass is 270 g/mol. The van der Waals surface area contributed by atoms with Crippen LogP contribution in [0.5, 0.6) is 0 Å². The summed E-state index contributed by atoms with van der Waals surface area (Å²) in [6.45, 7) is 5.96. The molecular weight excluding hydrogens is 256 g/mol. The van der Waals surface area contributed by atoms with Crippen LogP contribution in [0.1, 0.15) is 31.3 Å². The first-order chi connectivity index (χ1) is 6.84. The number of carbonyl (C=O) groups excluding carboxylic acids is 1. The molecule has 15 heavy (non-hydrogen) atoms. The minimum Gasteiger partial charge on any atom is -0.335 e. The summed E-state index contributed by atoms with van der Waals surface area (Å²) in [6, 6.07) is 3.61. The standard InChI is InChI=1S/C11H15BrN2O/c1-11(2,3)14(4)10(15)9-8(12)6-5-7-13-9/h5-7H,1-4H3. The van der Waals surface area contributed by atoms with Crippen LogP contribution in [-0.2, 0) is 0 Å². The summed E-state index contributed by atoms with van der Waals surface area (Å²) in [5, 5.41) is 0. The van der Waals surface area contributed by atoms with Gasteiger partial charge in [0.15, 0.2) is 0 Å². The van der Waals surface area contributed by atoms with E-state index >= 15 is 0 Å². The lowest BCUT2D eigenvalue weighted by Gasteiger charge is -2.31. The maximum absolute atomic E-state index is 12.0. The van der Waals surface area contributed by atoms with Gasteiger partial charge < -0.3 is 4.90 Å². The van der Waals surface area contributed by atoms with E-state index in [1.807, 2.05) is 26.8 Å². The van der Waals surface area contributed by atoms with E-state index in [1.165, 1.54) is 0 Å². The number of hydrogen-bond donors (Lipinski definition) is 0. The average Bonchev–Trinajstić information content (AvgIpc) is 2.15. The Kier molecular flexibility index (Phi) is 3.50. The zero-order valence-corrected chi connectivity index (χ0v) is 11.0. The Balaban J connectivity index is 3.01. The fraction of sp³-hybridized carbons (Fsp3) is 0.455. The largest absolute Gasteiger partial charge is 0.335 e. The van der Waals surface area contributed by atoms with E-state index in [1.54, 1.807) is 24.2 Å². The first kappa shape index (κ1) is 12.2. The van der Waals surface area contributed by atoms with Crippen LogP contribution in [0.25, 0.3) is 0 Å². The molecule has 0 saturated carbocycles. The number of carbonyl (C=O) groups is 1. The number of halogens is 1. The van der Waals surface area contributed by atoms with E-state index in [4.69, 9.17) is 0 Å². The number of pyridine rings is 1. The van der Waals surface area contributed by atoms with E-state index in [2.05, 4.69) is 20.9 Å². The number of nitrogens with zero attached hydrogens (tertiary/aromatic N) is 2. The van der Waals surface area contributed by atoms with Crippen molar-refractivity contribution in [3.05, 3.63) is 28.5 Å². The quantitative estimate of drug-likeness (QED) is 0.786. The van der Waals surface area contributed by atoms with Crippen molar-refractivity contribution < 1.29 is 4.79 Å². The molecule has 0 spiro atoms. The minimum absolute atomic E-state index is 0.0741. The Labute approximate surface area is 98.6 Å². The lowest BCUT2D eigenvalue weighted by atomic mass is 10.1. The van der Waals surface area contributed by atoms with Crippen LogP contribution < -0.4 is 0 Å². The smallest absolute Gasteiger partial charge is 0.273 e. The van der Waals surface area contributed by atoms with Gasteiger partial charge in [-0.15, -0.1) is 0 Å². The van der Waals surface area contributed by atoms with Crippen molar-refractivity contribution in [2.45, 2.75) is 26.3 Å². The summed E-state index contributed by atoms with van der Waals surface area (Å²) in [5.74, 6) is -0.0741. The molecule has 1 amide bonds. The van der Waals surface area contributed by atoms with Gasteiger partial charge in [0.05, 0.1) is 0 Å². The Bertz CT molecular complexity index is 371. The predicted molar refractivity (Wildman–Crippen MR) is 63.8 cm³/mol. The molecule has 1 heterocycles.